The van der Waals surface area contributed by atoms with Crippen LogP contribution in [0.4, 0.5) is 24.7 Å². The number of alkyl halides is 3. The molecular weight excluding hydrogens is 341 g/mol. The lowest BCUT2D eigenvalue weighted by atomic mass is 9.94. The Hall–Kier alpha value is -2.13. The number of ketones is 1. The Morgan fingerprint density at radius 3 is 2.64 bits per heavy atom. The minimum absolute atomic E-state index is 0.0884. The van der Waals surface area contributed by atoms with E-state index in [2.05, 4.69) is 5.10 Å². The quantitative estimate of drug-likeness (QED) is 0.591. The number of carbonyl (C=O) groups excluding carboxylic acids is 1. The van der Waals surface area contributed by atoms with Gasteiger partial charge in [-0.3, -0.25) is 14.9 Å². The highest BCUT2D eigenvalue weighted by Gasteiger charge is 2.39. The number of rotatable bonds is 5. The highest BCUT2D eigenvalue weighted by molar-refractivity contribution is 5.84. The van der Waals surface area contributed by atoms with Gasteiger partial charge in [-0.05, 0) is 39.0 Å². The normalized spacial score (nSPS) is 19.1. The minimum Gasteiger partial charge on any atom is -0.351 e. The third-order valence-corrected chi connectivity index (χ3v) is 4.37. The van der Waals surface area contributed by atoms with E-state index in [0.29, 0.717) is 38.2 Å². The second-order valence-corrected chi connectivity index (χ2v) is 6.56. The van der Waals surface area contributed by atoms with Crippen molar-refractivity contribution in [1.29, 1.82) is 0 Å². The zero-order valence-electron chi connectivity index (χ0n) is 14.1. The number of anilines is 1. The topological polar surface area (TPSA) is 81.3 Å². The van der Waals surface area contributed by atoms with Crippen LogP contribution in [-0.4, -0.2) is 39.8 Å². The van der Waals surface area contributed by atoms with Crippen molar-refractivity contribution in [1.82, 2.24) is 9.78 Å². The Balaban J connectivity index is 2.15. The summed E-state index contributed by atoms with van der Waals surface area (Å²) in [5, 5.41) is 15.3. The van der Waals surface area contributed by atoms with Gasteiger partial charge in [-0.25, -0.2) is 4.68 Å². The minimum atomic E-state index is -4.80. The fourth-order valence-corrected chi connectivity index (χ4v) is 3.12. The van der Waals surface area contributed by atoms with Gasteiger partial charge in [-0.15, -0.1) is 0 Å². The maximum absolute atomic E-state index is 12.4. The molecule has 2 rings (SSSR count). The fourth-order valence-electron chi connectivity index (χ4n) is 3.12. The van der Waals surface area contributed by atoms with Gasteiger partial charge >= 0.3 is 11.9 Å². The van der Waals surface area contributed by atoms with Crippen molar-refractivity contribution >= 4 is 17.3 Å². The Kier molecular flexibility index (Phi) is 5.69. The molecule has 10 heteroatoms. The van der Waals surface area contributed by atoms with Crippen molar-refractivity contribution < 1.29 is 22.9 Å². The summed E-state index contributed by atoms with van der Waals surface area (Å²) in [7, 11) is 0. The van der Waals surface area contributed by atoms with E-state index >= 15 is 0 Å². The second kappa shape index (κ2) is 7.40. The number of carbonyl (C=O) groups is 1. The number of halogens is 3. The van der Waals surface area contributed by atoms with Gasteiger partial charge in [-0.2, -0.15) is 18.3 Å². The van der Waals surface area contributed by atoms with E-state index in [1.54, 1.807) is 9.58 Å². The van der Waals surface area contributed by atoms with Crippen LogP contribution >= 0.6 is 0 Å². The predicted molar refractivity (Wildman–Crippen MR) is 84.5 cm³/mol. The van der Waals surface area contributed by atoms with Crippen molar-refractivity contribution in [2.24, 2.45) is 5.92 Å². The summed E-state index contributed by atoms with van der Waals surface area (Å²) in [5.74, 6) is -1.69. The van der Waals surface area contributed by atoms with Gasteiger partial charge < -0.3 is 4.90 Å². The van der Waals surface area contributed by atoms with Crippen molar-refractivity contribution in [3.63, 3.8) is 0 Å². The van der Waals surface area contributed by atoms with Crippen LogP contribution in [0.1, 0.15) is 45.6 Å². The molecule has 25 heavy (non-hydrogen) atoms. The van der Waals surface area contributed by atoms with Crippen molar-refractivity contribution in [2.75, 3.05) is 18.0 Å². The lowest BCUT2D eigenvalue weighted by Gasteiger charge is -2.24. The molecule has 1 aliphatic heterocycles. The van der Waals surface area contributed by atoms with Crippen LogP contribution in [0.3, 0.4) is 0 Å². The predicted octanol–water partition coefficient (Wildman–Crippen LogP) is 3.50. The molecule has 2 heterocycles. The molecule has 0 N–H and O–H groups in total. The Labute approximate surface area is 142 Å². The summed E-state index contributed by atoms with van der Waals surface area (Å²) in [5.41, 5.74) is -0.112. The molecule has 1 aromatic heterocycles. The SMILES string of the molecule is CC(C)n1ncc([N+](=O)[O-])c1N1CCC[C@@H](CC(=O)C(F)(F)F)CC1. The van der Waals surface area contributed by atoms with E-state index in [1.165, 1.54) is 6.20 Å². The van der Waals surface area contributed by atoms with E-state index in [1.807, 2.05) is 13.8 Å². The van der Waals surface area contributed by atoms with Gasteiger partial charge in [-0.1, -0.05) is 0 Å². The van der Waals surface area contributed by atoms with E-state index in [0.717, 1.165) is 0 Å². The number of Topliss-reactive ketones (excluding diaryl/α,β-unsaturated/α-hetero) is 1. The van der Waals surface area contributed by atoms with Gasteiger partial charge in [0.1, 0.15) is 6.20 Å². The fraction of sp³-hybridized carbons (Fsp3) is 0.733. The zero-order chi connectivity index (χ0) is 18.8. The van der Waals surface area contributed by atoms with Crippen molar-refractivity contribution in [2.45, 2.75) is 51.7 Å². The molecule has 1 saturated heterocycles. The summed E-state index contributed by atoms with van der Waals surface area (Å²) in [4.78, 5) is 23.8. The zero-order valence-corrected chi connectivity index (χ0v) is 14.1. The van der Waals surface area contributed by atoms with Gasteiger partial charge in [0, 0.05) is 25.6 Å². The summed E-state index contributed by atoms with van der Waals surface area (Å²) in [6.07, 6.45) is -2.70. The molecular formula is C15H21F3N4O3. The summed E-state index contributed by atoms with van der Waals surface area (Å²) >= 11 is 0. The van der Waals surface area contributed by atoms with Crippen LogP contribution in [0.2, 0.25) is 0 Å². The molecule has 1 fully saturated rings. The molecule has 0 aliphatic carbocycles. The number of hydrogen-bond acceptors (Lipinski definition) is 5. The molecule has 1 atom stereocenters. The molecule has 1 aromatic rings. The van der Waals surface area contributed by atoms with E-state index < -0.39 is 23.3 Å². The first-order chi connectivity index (χ1) is 11.6. The van der Waals surface area contributed by atoms with Crippen LogP contribution in [0, 0.1) is 16.0 Å². The third-order valence-electron chi connectivity index (χ3n) is 4.37. The molecule has 0 radical (unpaired) electrons. The van der Waals surface area contributed by atoms with Crippen molar-refractivity contribution in [3.8, 4) is 0 Å². The van der Waals surface area contributed by atoms with Crippen LogP contribution in [-0.2, 0) is 4.79 Å². The standard InChI is InChI=1S/C15H21F3N4O3/c1-10(2)21-14(12(9-19-21)22(24)25)20-6-3-4-11(5-7-20)8-13(23)15(16,17)18/h9-11H,3-8H2,1-2H3/t11-/m1/s1. The average molecular weight is 362 g/mol. The molecule has 0 bridgehead atoms. The Bertz CT molecular complexity index is 642. The van der Waals surface area contributed by atoms with Gasteiger partial charge in [0.15, 0.2) is 0 Å². The average Bonchev–Trinajstić information content (AvgIpc) is 2.82. The van der Waals surface area contributed by atoms with Crippen LogP contribution < -0.4 is 4.90 Å². The van der Waals surface area contributed by atoms with Crippen molar-refractivity contribution in [3.05, 3.63) is 16.3 Å². The monoisotopic (exact) mass is 362 g/mol. The number of aromatic nitrogens is 2. The summed E-state index contributed by atoms with van der Waals surface area (Å²) in [6, 6.07) is -0.0884. The first kappa shape index (κ1) is 19.2. The molecule has 0 spiro atoms. The lowest BCUT2D eigenvalue weighted by Crippen LogP contribution is -2.29. The molecule has 140 valence electrons. The van der Waals surface area contributed by atoms with Gasteiger partial charge in [0.25, 0.3) is 0 Å². The molecule has 0 amide bonds. The molecule has 0 aromatic carbocycles. The molecule has 1 aliphatic rings. The van der Waals surface area contributed by atoms with E-state index in [4.69, 9.17) is 0 Å². The number of hydrogen-bond donors (Lipinski definition) is 0. The molecule has 7 nitrogen and oxygen atoms in total. The third kappa shape index (κ3) is 4.49. The first-order valence-electron chi connectivity index (χ1n) is 8.18. The second-order valence-electron chi connectivity index (χ2n) is 6.56. The summed E-state index contributed by atoms with van der Waals surface area (Å²) < 4.78 is 38.9. The number of nitrogens with zero attached hydrogens (tertiary/aromatic N) is 4. The van der Waals surface area contributed by atoms with E-state index in [-0.39, 0.29) is 17.6 Å². The Morgan fingerprint density at radius 2 is 2.08 bits per heavy atom. The summed E-state index contributed by atoms with van der Waals surface area (Å²) in [6.45, 7) is 4.54. The van der Waals surface area contributed by atoms with Gasteiger partial charge in [0.2, 0.25) is 11.6 Å². The van der Waals surface area contributed by atoms with Crippen LogP contribution in [0.5, 0.6) is 0 Å². The highest BCUT2D eigenvalue weighted by atomic mass is 19.4. The molecule has 0 saturated carbocycles. The van der Waals surface area contributed by atoms with Crippen LogP contribution in [0.15, 0.2) is 6.20 Å². The highest BCUT2D eigenvalue weighted by Crippen LogP contribution is 2.34. The molecule has 0 unspecified atom stereocenters. The largest absolute Gasteiger partial charge is 0.449 e. The first-order valence-corrected chi connectivity index (χ1v) is 8.18. The van der Waals surface area contributed by atoms with Gasteiger partial charge in [0.05, 0.1) is 4.92 Å². The lowest BCUT2D eigenvalue weighted by molar-refractivity contribution is -0.384. The van der Waals surface area contributed by atoms with E-state index in [9.17, 15) is 28.1 Å². The van der Waals surface area contributed by atoms with Crippen LogP contribution in [0.25, 0.3) is 0 Å². The number of nitro groups is 1. The Morgan fingerprint density at radius 1 is 1.40 bits per heavy atom. The maximum atomic E-state index is 12.4. The smallest absolute Gasteiger partial charge is 0.351 e. The maximum Gasteiger partial charge on any atom is 0.449 e.